The number of nitrogens with one attached hydrogen (secondary N) is 1. The summed E-state index contributed by atoms with van der Waals surface area (Å²) >= 11 is 0. The monoisotopic (exact) mass is 358 g/mol. The topological polar surface area (TPSA) is 78.8 Å². The van der Waals surface area contributed by atoms with Gasteiger partial charge in [-0.15, -0.1) is 0 Å². The number of carbonyl (C=O) groups is 2. The second kappa shape index (κ2) is 7.51. The van der Waals surface area contributed by atoms with E-state index in [-0.39, 0.29) is 6.61 Å². The number of hydrogen-bond donors (Lipinski definition) is 1. The van der Waals surface area contributed by atoms with Crippen LogP contribution in [-0.4, -0.2) is 36.3 Å². The highest BCUT2D eigenvalue weighted by atomic mass is 16.6. The fourth-order valence-electron chi connectivity index (χ4n) is 3.02. The lowest BCUT2D eigenvalue weighted by atomic mass is 10.2. The second-order valence-electron chi connectivity index (χ2n) is 6.01. The van der Waals surface area contributed by atoms with Gasteiger partial charge in [-0.1, -0.05) is 0 Å². The number of fused-ring (bicyclic) bond motifs is 1. The Morgan fingerprint density at radius 1 is 1.15 bits per heavy atom. The number of nitrogens with zero attached hydrogens (tertiary/aromatic N) is 1. The lowest BCUT2D eigenvalue weighted by Crippen LogP contribution is -2.21. The Labute approximate surface area is 151 Å². The van der Waals surface area contributed by atoms with Crippen LogP contribution < -0.4 is 14.8 Å². The average molecular weight is 358 g/mol. The van der Waals surface area contributed by atoms with Crippen molar-refractivity contribution >= 4 is 17.6 Å². The molecule has 138 valence electrons. The molecular formula is C19H22N2O5. The van der Waals surface area contributed by atoms with Crippen LogP contribution in [-0.2, 0) is 16.1 Å². The third kappa shape index (κ3) is 3.66. The molecule has 1 amide bonds. The third-order valence-electron chi connectivity index (χ3n) is 4.27. The van der Waals surface area contributed by atoms with Gasteiger partial charge in [-0.3, -0.25) is 4.79 Å². The minimum Gasteiger partial charge on any atom is -0.486 e. The van der Waals surface area contributed by atoms with Crippen LogP contribution in [0.25, 0.3) is 0 Å². The van der Waals surface area contributed by atoms with Gasteiger partial charge < -0.3 is 24.1 Å². The molecule has 3 rings (SSSR count). The first kappa shape index (κ1) is 17.8. The minimum atomic E-state index is -0.505. The van der Waals surface area contributed by atoms with Gasteiger partial charge in [-0.2, -0.15) is 0 Å². The van der Waals surface area contributed by atoms with Crippen molar-refractivity contribution in [2.45, 2.75) is 27.3 Å². The molecule has 2 aromatic rings. The molecular weight excluding hydrogens is 336 g/mol. The standard InChI is InChI=1S/C19H22N2O5/c1-4-21-12(2)9-15(13(21)3)19(23)26-11-18(22)20-14-5-6-16-17(10-14)25-8-7-24-16/h5-6,9-10H,4,7-8,11H2,1-3H3,(H,20,22). The highest BCUT2D eigenvalue weighted by Crippen LogP contribution is 2.32. The van der Waals surface area contributed by atoms with E-state index in [1.54, 1.807) is 24.3 Å². The summed E-state index contributed by atoms with van der Waals surface area (Å²) in [4.78, 5) is 24.3. The molecule has 0 unspecified atom stereocenters. The van der Waals surface area contributed by atoms with Crippen molar-refractivity contribution in [1.82, 2.24) is 4.57 Å². The van der Waals surface area contributed by atoms with Gasteiger partial charge in [0.2, 0.25) is 0 Å². The third-order valence-corrected chi connectivity index (χ3v) is 4.27. The van der Waals surface area contributed by atoms with Gasteiger partial charge in [0.15, 0.2) is 18.1 Å². The van der Waals surface area contributed by atoms with Crippen LogP contribution in [0.15, 0.2) is 24.3 Å². The van der Waals surface area contributed by atoms with E-state index in [9.17, 15) is 9.59 Å². The number of hydrogen-bond acceptors (Lipinski definition) is 5. The molecule has 0 radical (unpaired) electrons. The number of anilines is 1. The van der Waals surface area contributed by atoms with Gasteiger partial charge in [0.25, 0.3) is 5.91 Å². The number of amides is 1. The van der Waals surface area contributed by atoms with E-state index in [0.29, 0.717) is 36.0 Å². The second-order valence-corrected chi connectivity index (χ2v) is 6.01. The summed E-state index contributed by atoms with van der Waals surface area (Å²) in [6, 6.07) is 6.90. The summed E-state index contributed by atoms with van der Waals surface area (Å²) in [5.41, 5.74) is 2.86. The molecule has 1 aliphatic heterocycles. The lowest BCUT2D eigenvalue weighted by Gasteiger charge is -2.19. The predicted octanol–water partition coefficient (Wildman–Crippen LogP) is 2.69. The van der Waals surface area contributed by atoms with Gasteiger partial charge in [0.1, 0.15) is 13.2 Å². The first-order chi connectivity index (χ1) is 12.5. The van der Waals surface area contributed by atoms with E-state index >= 15 is 0 Å². The zero-order valence-electron chi connectivity index (χ0n) is 15.1. The summed E-state index contributed by atoms with van der Waals surface area (Å²) in [6.07, 6.45) is 0. The zero-order chi connectivity index (χ0) is 18.7. The van der Waals surface area contributed by atoms with E-state index in [0.717, 1.165) is 17.9 Å². The van der Waals surface area contributed by atoms with Crippen molar-refractivity contribution in [2.24, 2.45) is 0 Å². The van der Waals surface area contributed by atoms with E-state index in [4.69, 9.17) is 14.2 Å². The zero-order valence-corrected chi connectivity index (χ0v) is 15.1. The maximum Gasteiger partial charge on any atom is 0.340 e. The number of esters is 1. The number of aromatic nitrogens is 1. The quantitative estimate of drug-likeness (QED) is 0.832. The van der Waals surface area contributed by atoms with Crippen molar-refractivity contribution in [1.29, 1.82) is 0 Å². The molecule has 7 nitrogen and oxygen atoms in total. The largest absolute Gasteiger partial charge is 0.486 e. The molecule has 0 atom stereocenters. The van der Waals surface area contributed by atoms with E-state index in [1.807, 2.05) is 25.3 Å². The van der Waals surface area contributed by atoms with Gasteiger partial charge in [0, 0.05) is 29.7 Å². The average Bonchev–Trinajstić information content (AvgIpc) is 2.93. The van der Waals surface area contributed by atoms with Crippen LogP contribution >= 0.6 is 0 Å². The Balaban J connectivity index is 1.58. The maximum absolute atomic E-state index is 12.2. The highest BCUT2D eigenvalue weighted by molar-refractivity contribution is 5.96. The molecule has 1 aromatic carbocycles. The molecule has 0 fully saturated rings. The van der Waals surface area contributed by atoms with Crippen molar-refractivity contribution < 1.29 is 23.8 Å². The first-order valence-electron chi connectivity index (χ1n) is 8.53. The molecule has 26 heavy (non-hydrogen) atoms. The Kier molecular flexibility index (Phi) is 5.16. The van der Waals surface area contributed by atoms with Crippen molar-refractivity contribution in [3.8, 4) is 11.5 Å². The molecule has 2 heterocycles. The van der Waals surface area contributed by atoms with Crippen LogP contribution in [0.5, 0.6) is 11.5 Å². The number of aryl methyl sites for hydroxylation is 1. The molecule has 7 heteroatoms. The fourth-order valence-corrected chi connectivity index (χ4v) is 3.02. The predicted molar refractivity (Wildman–Crippen MR) is 95.9 cm³/mol. The number of ether oxygens (including phenoxy) is 3. The highest BCUT2D eigenvalue weighted by Gasteiger charge is 2.18. The van der Waals surface area contributed by atoms with Crippen molar-refractivity contribution in [3.63, 3.8) is 0 Å². The smallest absolute Gasteiger partial charge is 0.340 e. The summed E-state index contributed by atoms with van der Waals surface area (Å²) < 4.78 is 18.1. The summed E-state index contributed by atoms with van der Waals surface area (Å²) in [7, 11) is 0. The summed E-state index contributed by atoms with van der Waals surface area (Å²) in [6.45, 7) is 7.20. The lowest BCUT2D eigenvalue weighted by molar-refractivity contribution is -0.119. The van der Waals surface area contributed by atoms with Gasteiger partial charge in [-0.05, 0) is 39.0 Å². The number of benzene rings is 1. The van der Waals surface area contributed by atoms with E-state index in [2.05, 4.69) is 5.32 Å². The Morgan fingerprint density at radius 3 is 2.58 bits per heavy atom. The van der Waals surface area contributed by atoms with Crippen molar-refractivity contribution in [2.75, 3.05) is 25.1 Å². The Morgan fingerprint density at radius 2 is 1.88 bits per heavy atom. The van der Waals surface area contributed by atoms with Crippen LogP contribution in [0, 0.1) is 13.8 Å². The van der Waals surface area contributed by atoms with Crippen LogP contribution in [0.3, 0.4) is 0 Å². The van der Waals surface area contributed by atoms with Crippen LogP contribution in [0.1, 0.15) is 28.7 Å². The maximum atomic E-state index is 12.2. The minimum absolute atomic E-state index is 0.358. The van der Waals surface area contributed by atoms with E-state index in [1.165, 1.54) is 0 Å². The molecule has 0 spiro atoms. The molecule has 0 bridgehead atoms. The van der Waals surface area contributed by atoms with Crippen LogP contribution in [0.2, 0.25) is 0 Å². The molecule has 0 saturated heterocycles. The normalized spacial score (nSPS) is 12.6. The molecule has 0 aliphatic carbocycles. The first-order valence-corrected chi connectivity index (χ1v) is 8.53. The molecule has 0 saturated carbocycles. The molecule has 1 N–H and O–H groups in total. The fraction of sp³-hybridized carbons (Fsp3) is 0.368. The Bertz CT molecular complexity index is 841. The van der Waals surface area contributed by atoms with Gasteiger partial charge >= 0.3 is 5.97 Å². The van der Waals surface area contributed by atoms with Gasteiger partial charge in [-0.25, -0.2) is 4.79 Å². The summed E-state index contributed by atoms with van der Waals surface area (Å²) in [5, 5.41) is 2.68. The molecule has 1 aromatic heterocycles. The number of rotatable bonds is 5. The Hall–Kier alpha value is -2.96. The summed E-state index contributed by atoms with van der Waals surface area (Å²) in [5.74, 6) is 0.305. The molecule has 1 aliphatic rings. The van der Waals surface area contributed by atoms with Crippen molar-refractivity contribution in [3.05, 3.63) is 41.2 Å². The number of carbonyl (C=O) groups excluding carboxylic acids is 2. The SMILES string of the molecule is CCn1c(C)cc(C(=O)OCC(=O)Nc2ccc3c(c2)OCCO3)c1C. The van der Waals surface area contributed by atoms with Gasteiger partial charge in [0.05, 0.1) is 5.56 Å². The van der Waals surface area contributed by atoms with Crippen LogP contribution in [0.4, 0.5) is 5.69 Å². The van der Waals surface area contributed by atoms with E-state index < -0.39 is 11.9 Å².